The van der Waals surface area contributed by atoms with Crippen LogP contribution in [0.1, 0.15) is 30.0 Å². The van der Waals surface area contributed by atoms with Crippen molar-refractivity contribution in [3.8, 4) is 34.1 Å². The van der Waals surface area contributed by atoms with Crippen molar-refractivity contribution >= 4 is 5.91 Å². The highest BCUT2D eigenvalue weighted by Gasteiger charge is 2.32. The summed E-state index contributed by atoms with van der Waals surface area (Å²) in [5, 5.41) is 9.53. The Kier molecular flexibility index (Phi) is 8.00. The Morgan fingerprint density at radius 2 is 1.74 bits per heavy atom. The first kappa shape index (κ1) is 25.6. The van der Waals surface area contributed by atoms with Crippen molar-refractivity contribution in [2.45, 2.75) is 25.3 Å². The van der Waals surface area contributed by atoms with E-state index in [9.17, 15) is 19.7 Å². The zero-order valence-corrected chi connectivity index (χ0v) is 20.3. The predicted octanol–water partition coefficient (Wildman–Crippen LogP) is 2.79. The molecule has 0 spiro atoms. The molecule has 0 aromatic heterocycles. The fraction of sp³-hybridized carbons (Fsp3) is 0.417. The molecule has 1 aliphatic rings. The van der Waals surface area contributed by atoms with Crippen LogP contribution in [0.25, 0.3) is 11.1 Å². The quantitative estimate of drug-likeness (QED) is 0.387. The van der Waals surface area contributed by atoms with Crippen LogP contribution in [0.4, 0.5) is 0 Å². The minimum atomic E-state index is -0.937. The molecule has 0 fully saturated rings. The number of carbonyl (C=O) groups is 1. The van der Waals surface area contributed by atoms with Gasteiger partial charge in [0.05, 0.1) is 40.9 Å². The molecule has 3 rings (SSSR count). The van der Waals surface area contributed by atoms with Gasteiger partial charge in [-0.15, -0.1) is 10.1 Å². The summed E-state index contributed by atoms with van der Waals surface area (Å²) in [6.07, 6.45) is 0.819. The molecule has 1 amide bonds. The van der Waals surface area contributed by atoms with Gasteiger partial charge in [0.25, 0.3) is 5.09 Å². The lowest BCUT2D eigenvalue weighted by Crippen LogP contribution is -2.32. The van der Waals surface area contributed by atoms with E-state index in [1.54, 1.807) is 19.2 Å². The Bertz CT molecular complexity index is 1180. The van der Waals surface area contributed by atoms with Crippen LogP contribution in [-0.2, 0) is 16.1 Å². The van der Waals surface area contributed by atoms with Gasteiger partial charge in [-0.05, 0) is 47.7 Å². The predicted molar refractivity (Wildman–Crippen MR) is 126 cm³/mol. The Hall–Kier alpha value is -4.02. The standard InChI is InChI=1S/C24H28N2O9/c1-25(21(28)10-11-35-26(29)30)17-8-6-14-12-20(32-3)23(33-4)24(34-5)22(14)15-7-9-19(31-2)18(27)13-16(15)17/h7,9,12-13,17H,6,8,10-11H2,1-5H3. The van der Waals surface area contributed by atoms with Gasteiger partial charge < -0.3 is 28.7 Å². The molecular formula is C24H28N2O9. The molecule has 1 aliphatic carbocycles. The molecule has 0 N–H and O–H groups in total. The molecule has 0 saturated carbocycles. The van der Waals surface area contributed by atoms with Crippen LogP contribution in [0, 0.1) is 10.1 Å². The molecule has 0 bridgehead atoms. The number of hydrogen-bond donors (Lipinski definition) is 0. The zero-order chi connectivity index (χ0) is 25.7. The van der Waals surface area contributed by atoms with E-state index in [0.29, 0.717) is 41.2 Å². The zero-order valence-electron chi connectivity index (χ0n) is 20.3. The van der Waals surface area contributed by atoms with E-state index in [1.807, 2.05) is 6.07 Å². The second-order valence-electron chi connectivity index (χ2n) is 7.82. The lowest BCUT2D eigenvalue weighted by atomic mass is 9.95. The maximum Gasteiger partial charge on any atom is 0.294 e. The van der Waals surface area contributed by atoms with E-state index in [-0.39, 0.29) is 30.1 Å². The minimum Gasteiger partial charge on any atom is -0.493 e. The SMILES string of the molecule is COc1cc2c(c(OC)c1OC)-c1ccc(OC)c(=O)cc1C(N(C)C(=O)CCO[N+](=O)[O-])CC2. The Labute approximate surface area is 202 Å². The van der Waals surface area contributed by atoms with E-state index in [2.05, 4.69) is 4.84 Å². The Balaban J connectivity index is 2.23. The number of methoxy groups -OCH3 is 4. The summed E-state index contributed by atoms with van der Waals surface area (Å²) in [4.78, 5) is 42.1. The lowest BCUT2D eigenvalue weighted by Gasteiger charge is -2.28. The van der Waals surface area contributed by atoms with Crippen LogP contribution in [0.3, 0.4) is 0 Å². The minimum absolute atomic E-state index is 0.145. The summed E-state index contributed by atoms with van der Waals surface area (Å²) >= 11 is 0. The second-order valence-corrected chi connectivity index (χ2v) is 7.82. The number of benzene rings is 1. The molecule has 2 aromatic rings. The molecule has 0 radical (unpaired) electrons. The first-order valence-electron chi connectivity index (χ1n) is 10.8. The molecule has 0 saturated heterocycles. The van der Waals surface area contributed by atoms with Crippen LogP contribution in [-0.4, -0.2) is 58.0 Å². The number of carbonyl (C=O) groups excluding carboxylic acids is 1. The van der Waals surface area contributed by atoms with Crippen LogP contribution >= 0.6 is 0 Å². The Morgan fingerprint density at radius 1 is 1.06 bits per heavy atom. The summed E-state index contributed by atoms with van der Waals surface area (Å²) in [6.45, 7) is -0.360. The van der Waals surface area contributed by atoms with E-state index < -0.39 is 11.1 Å². The van der Waals surface area contributed by atoms with Crippen molar-refractivity contribution in [2.24, 2.45) is 0 Å². The average molecular weight is 488 g/mol. The number of nitrogens with zero attached hydrogens (tertiary/aromatic N) is 2. The highest BCUT2D eigenvalue weighted by Crippen LogP contribution is 2.50. The van der Waals surface area contributed by atoms with Crippen LogP contribution in [0.2, 0.25) is 0 Å². The van der Waals surface area contributed by atoms with E-state index in [4.69, 9.17) is 18.9 Å². The van der Waals surface area contributed by atoms with Gasteiger partial charge in [0.15, 0.2) is 17.2 Å². The van der Waals surface area contributed by atoms with Crippen molar-refractivity contribution in [3.05, 3.63) is 55.7 Å². The number of rotatable bonds is 9. The van der Waals surface area contributed by atoms with Gasteiger partial charge in [0, 0.05) is 12.6 Å². The molecule has 35 heavy (non-hydrogen) atoms. The summed E-state index contributed by atoms with van der Waals surface area (Å²) in [5.74, 6) is 1.12. The molecule has 0 aliphatic heterocycles. The number of fused-ring (bicyclic) bond motifs is 3. The highest BCUT2D eigenvalue weighted by molar-refractivity contribution is 5.83. The molecule has 2 aromatic carbocycles. The fourth-order valence-electron chi connectivity index (χ4n) is 4.41. The van der Waals surface area contributed by atoms with Gasteiger partial charge in [-0.25, -0.2) is 0 Å². The van der Waals surface area contributed by atoms with E-state index in [1.165, 1.54) is 39.4 Å². The summed E-state index contributed by atoms with van der Waals surface area (Å²) < 4.78 is 22.1. The van der Waals surface area contributed by atoms with E-state index in [0.717, 1.165) is 11.1 Å². The Morgan fingerprint density at radius 3 is 2.34 bits per heavy atom. The van der Waals surface area contributed by atoms with Crippen molar-refractivity contribution in [2.75, 3.05) is 42.1 Å². The largest absolute Gasteiger partial charge is 0.493 e. The van der Waals surface area contributed by atoms with Gasteiger partial charge in [-0.3, -0.25) is 9.59 Å². The molecular weight excluding hydrogens is 460 g/mol. The molecule has 11 heteroatoms. The molecule has 0 heterocycles. The van der Waals surface area contributed by atoms with Gasteiger partial charge in [-0.2, -0.15) is 0 Å². The second kappa shape index (κ2) is 10.9. The number of amides is 1. The third-order valence-corrected chi connectivity index (χ3v) is 6.06. The third-order valence-electron chi connectivity index (χ3n) is 6.06. The van der Waals surface area contributed by atoms with Gasteiger partial charge in [-0.1, -0.05) is 6.07 Å². The highest BCUT2D eigenvalue weighted by atomic mass is 16.9. The number of aryl methyl sites for hydroxylation is 1. The summed E-state index contributed by atoms with van der Waals surface area (Å²) in [6, 6.07) is 6.15. The summed E-state index contributed by atoms with van der Waals surface area (Å²) in [5.41, 5.74) is 2.52. The van der Waals surface area contributed by atoms with Gasteiger partial charge in [0.2, 0.25) is 17.1 Å². The van der Waals surface area contributed by atoms with Crippen LogP contribution in [0.5, 0.6) is 23.0 Å². The van der Waals surface area contributed by atoms with Gasteiger partial charge >= 0.3 is 0 Å². The van der Waals surface area contributed by atoms with Crippen LogP contribution in [0.15, 0.2) is 29.1 Å². The third kappa shape index (κ3) is 5.08. The number of ether oxygens (including phenoxy) is 4. The average Bonchev–Trinajstić information content (AvgIpc) is 3.09. The van der Waals surface area contributed by atoms with Crippen LogP contribution < -0.4 is 24.4 Å². The smallest absolute Gasteiger partial charge is 0.294 e. The molecule has 1 atom stereocenters. The molecule has 1 unspecified atom stereocenters. The maximum atomic E-state index is 12.9. The van der Waals surface area contributed by atoms with Crippen molar-refractivity contribution in [1.29, 1.82) is 0 Å². The maximum absolute atomic E-state index is 12.9. The van der Waals surface area contributed by atoms with Crippen molar-refractivity contribution in [1.82, 2.24) is 4.90 Å². The summed E-state index contributed by atoms with van der Waals surface area (Å²) in [7, 11) is 7.58. The monoisotopic (exact) mass is 488 g/mol. The van der Waals surface area contributed by atoms with E-state index >= 15 is 0 Å². The molecule has 188 valence electrons. The molecule has 11 nitrogen and oxygen atoms in total. The normalized spacial score (nSPS) is 14.0. The topological polar surface area (TPSA) is 127 Å². The first-order chi connectivity index (χ1) is 16.8. The number of hydrogen-bond acceptors (Lipinski definition) is 9. The van der Waals surface area contributed by atoms with Gasteiger partial charge in [0.1, 0.15) is 6.61 Å². The van der Waals surface area contributed by atoms with Crippen molar-refractivity contribution < 1.29 is 33.7 Å². The lowest BCUT2D eigenvalue weighted by molar-refractivity contribution is -0.757. The van der Waals surface area contributed by atoms with Crippen molar-refractivity contribution in [3.63, 3.8) is 0 Å². The first-order valence-corrected chi connectivity index (χ1v) is 10.8. The fourth-order valence-corrected chi connectivity index (χ4v) is 4.41.